The van der Waals surface area contributed by atoms with Crippen molar-refractivity contribution in [2.24, 2.45) is 0 Å². The molecule has 0 unspecified atom stereocenters. The number of nitrogens with zero attached hydrogens (tertiary/aromatic N) is 1. The van der Waals surface area contributed by atoms with E-state index in [9.17, 15) is 37.7 Å². The van der Waals surface area contributed by atoms with Gasteiger partial charge in [0.25, 0.3) is 11.6 Å². The summed E-state index contributed by atoms with van der Waals surface area (Å²) >= 11 is 0. The molecule has 0 aliphatic heterocycles. The molecule has 0 heterocycles. The molecule has 0 aromatic heterocycles. The summed E-state index contributed by atoms with van der Waals surface area (Å²) in [4.78, 5) is 46.8. The van der Waals surface area contributed by atoms with Crippen LogP contribution in [0, 0.1) is 17.0 Å². The van der Waals surface area contributed by atoms with Gasteiger partial charge in [-0.15, -0.1) is 0 Å². The van der Waals surface area contributed by atoms with E-state index in [0.717, 1.165) is 17.7 Å². The highest BCUT2D eigenvalue weighted by Gasteiger charge is 2.37. The number of hydrogen-bond acceptors (Lipinski definition) is 6. The summed E-state index contributed by atoms with van der Waals surface area (Å²) in [5.74, 6) is -2.50. The maximum Gasteiger partial charge on any atom is 0.417 e. The van der Waals surface area contributed by atoms with Gasteiger partial charge in [0.15, 0.2) is 12.4 Å². The highest BCUT2D eigenvalue weighted by molar-refractivity contribution is 6.06. The lowest BCUT2D eigenvalue weighted by Gasteiger charge is -2.13. The van der Waals surface area contributed by atoms with E-state index >= 15 is 0 Å². The smallest absolute Gasteiger partial charge is 0.417 e. The van der Waals surface area contributed by atoms with Gasteiger partial charge in [-0.05, 0) is 31.2 Å². The molecule has 3 aromatic rings. The summed E-state index contributed by atoms with van der Waals surface area (Å²) in [6.07, 6.45) is -5.02. The molecule has 1 N–H and O–H groups in total. The number of halogens is 3. The lowest BCUT2D eigenvalue weighted by molar-refractivity contribution is -0.385. The molecule has 0 saturated heterocycles. The van der Waals surface area contributed by atoms with Crippen molar-refractivity contribution in [1.82, 2.24) is 0 Å². The fourth-order valence-electron chi connectivity index (χ4n) is 3.04. The standard InChI is InChI=1S/C24H17F3N2O6/c1-14-5-7-15(8-6-14)21(30)13-35-23(32)16-3-2-4-17(11-16)28-22(31)19-10-9-18(29(33)34)12-20(19)24(25,26)27/h2-12H,13H2,1H3,(H,28,31). The number of aryl methyl sites for hydroxylation is 1. The van der Waals surface area contributed by atoms with E-state index in [4.69, 9.17) is 4.74 Å². The molecule has 0 spiro atoms. The summed E-state index contributed by atoms with van der Waals surface area (Å²) in [6.45, 7) is 1.32. The van der Waals surface area contributed by atoms with Crippen LogP contribution in [0.3, 0.4) is 0 Å². The minimum atomic E-state index is -5.02. The van der Waals surface area contributed by atoms with Crippen LogP contribution in [0.5, 0.6) is 0 Å². The summed E-state index contributed by atoms with van der Waals surface area (Å²) in [5, 5.41) is 13.0. The molecule has 3 aromatic carbocycles. The first kappa shape index (κ1) is 25.1. The Bertz CT molecular complexity index is 1300. The van der Waals surface area contributed by atoms with Gasteiger partial charge >= 0.3 is 12.1 Å². The molecule has 0 aliphatic rings. The normalized spacial score (nSPS) is 11.0. The Morgan fingerprint density at radius 3 is 2.29 bits per heavy atom. The number of carbonyl (C=O) groups is 3. The molecule has 0 saturated carbocycles. The summed E-state index contributed by atoms with van der Waals surface area (Å²) in [5.41, 5.74) is -1.91. The van der Waals surface area contributed by atoms with E-state index in [1.165, 1.54) is 18.2 Å². The van der Waals surface area contributed by atoms with Gasteiger partial charge in [0.1, 0.15) is 0 Å². The SMILES string of the molecule is Cc1ccc(C(=O)COC(=O)c2cccc(NC(=O)c3ccc([N+](=O)[O-])cc3C(F)(F)F)c2)cc1. The predicted octanol–water partition coefficient (Wildman–Crippen LogP) is 5.21. The Labute approximate surface area is 196 Å². The van der Waals surface area contributed by atoms with Crippen LogP contribution in [0.15, 0.2) is 66.7 Å². The summed E-state index contributed by atoms with van der Waals surface area (Å²) < 4.78 is 45.1. The third-order valence-electron chi connectivity index (χ3n) is 4.83. The van der Waals surface area contributed by atoms with Crippen molar-refractivity contribution in [3.8, 4) is 0 Å². The van der Waals surface area contributed by atoms with Gasteiger partial charge in [0, 0.05) is 23.4 Å². The number of nitrogens with one attached hydrogen (secondary N) is 1. The Morgan fingerprint density at radius 1 is 0.971 bits per heavy atom. The quantitative estimate of drug-likeness (QED) is 0.212. The number of non-ortho nitro benzene ring substituents is 1. The molecular formula is C24H17F3N2O6. The van der Waals surface area contributed by atoms with Crippen LogP contribution in [0.1, 0.15) is 42.2 Å². The maximum absolute atomic E-state index is 13.4. The second-order valence-electron chi connectivity index (χ2n) is 7.39. The van der Waals surface area contributed by atoms with Crippen molar-refractivity contribution in [2.75, 3.05) is 11.9 Å². The fourth-order valence-corrected chi connectivity index (χ4v) is 3.04. The highest BCUT2D eigenvalue weighted by atomic mass is 19.4. The van der Waals surface area contributed by atoms with Crippen molar-refractivity contribution in [1.29, 1.82) is 0 Å². The predicted molar refractivity (Wildman–Crippen MR) is 118 cm³/mol. The number of rotatable bonds is 7. The molecule has 0 aliphatic carbocycles. The number of alkyl halides is 3. The number of esters is 1. The number of nitro groups is 1. The van der Waals surface area contributed by atoms with Crippen molar-refractivity contribution in [3.05, 3.63) is 105 Å². The van der Waals surface area contributed by atoms with Crippen molar-refractivity contribution >= 4 is 29.0 Å². The van der Waals surface area contributed by atoms with E-state index in [0.29, 0.717) is 11.6 Å². The molecule has 1 amide bonds. The number of carbonyl (C=O) groups excluding carboxylic acids is 3. The number of amides is 1. The third-order valence-corrected chi connectivity index (χ3v) is 4.83. The van der Waals surface area contributed by atoms with Crippen LogP contribution < -0.4 is 5.32 Å². The maximum atomic E-state index is 13.4. The zero-order chi connectivity index (χ0) is 25.8. The number of anilines is 1. The highest BCUT2D eigenvalue weighted by Crippen LogP contribution is 2.34. The van der Waals surface area contributed by atoms with E-state index in [1.54, 1.807) is 24.3 Å². The zero-order valence-corrected chi connectivity index (χ0v) is 18.1. The molecule has 35 heavy (non-hydrogen) atoms. The second kappa shape index (κ2) is 10.2. The van der Waals surface area contributed by atoms with Gasteiger partial charge in [-0.1, -0.05) is 35.9 Å². The molecule has 0 atom stereocenters. The Hall–Kier alpha value is -4.54. The number of benzene rings is 3. The van der Waals surface area contributed by atoms with Crippen LogP contribution in [-0.4, -0.2) is 29.2 Å². The van der Waals surface area contributed by atoms with Crippen LogP contribution in [0.25, 0.3) is 0 Å². The lowest BCUT2D eigenvalue weighted by Crippen LogP contribution is -2.19. The minimum Gasteiger partial charge on any atom is -0.454 e. The number of nitro benzene ring substituents is 1. The van der Waals surface area contributed by atoms with E-state index in [1.807, 2.05) is 6.92 Å². The molecule has 0 bridgehead atoms. The molecule has 0 radical (unpaired) electrons. The fraction of sp³-hybridized carbons (Fsp3) is 0.125. The average molecular weight is 486 g/mol. The lowest BCUT2D eigenvalue weighted by atomic mass is 10.0. The van der Waals surface area contributed by atoms with E-state index < -0.39 is 52.2 Å². The van der Waals surface area contributed by atoms with Crippen molar-refractivity contribution in [2.45, 2.75) is 13.1 Å². The van der Waals surface area contributed by atoms with Gasteiger partial charge in [0.05, 0.1) is 21.6 Å². The first-order valence-electron chi connectivity index (χ1n) is 10.00. The molecule has 180 valence electrons. The average Bonchev–Trinajstić information content (AvgIpc) is 2.82. The largest absolute Gasteiger partial charge is 0.454 e. The Morgan fingerprint density at radius 2 is 1.66 bits per heavy atom. The molecule has 0 fully saturated rings. The Balaban J connectivity index is 1.73. The molecule has 8 nitrogen and oxygen atoms in total. The molecule has 11 heteroatoms. The topological polar surface area (TPSA) is 116 Å². The van der Waals surface area contributed by atoms with Gasteiger partial charge in [-0.25, -0.2) is 4.79 Å². The first-order chi connectivity index (χ1) is 16.5. The monoisotopic (exact) mass is 486 g/mol. The van der Waals surface area contributed by atoms with E-state index in [-0.39, 0.29) is 17.3 Å². The van der Waals surface area contributed by atoms with Crippen LogP contribution in [-0.2, 0) is 10.9 Å². The van der Waals surface area contributed by atoms with Crippen LogP contribution >= 0.6 is 0 Å². The zero-order valence-electron chi connectivity index (χ0n) is 18.1. The minimum absolute atomic E-state index is 0.0270. The number of hydrogen-bond donors (Lipinski definition) is 1. The number of ketones is 1. The Kier molecular flexibility index (Phi) is 7.28. The molecular weight excluding hydrogens is 469 g/mol. The number of Topliss-reactive ketones (excluding diaryl/α,β-unsaturated/α-hetero) is 1. The van der Waals surface area contributed by atoms with Crippen LogP contribution in [0.4, 0.5) is 24.5 Å². The first-order valence-corrected chi connectivity index (χ1v) is 10.00. The van der Waals surface area contributed by atoms with Gasteiger partial charge in [-0.3, -0.25) is 19.7 Å². The third kappa shape index (κ3) is 6.28. The summed E-state index contributed by atoms with van der Waals surface area (Å²) in [6, 6.07) is 13.6. The van der Waals surface area contributed by atoms with E-state index in [2.05, 4.69) is 5.32 Å². The van der Waals surface area contributed by atoms with Gasteiger partial charge < -0.3 is 10.1 Å². The second-order valence-corrected chi connectivity index (χ2v) is 7.39. The van der Waals surface area contributed by atoms with Gasteiger partial charge in [0.2, 0.25) is 0 Å². The van der Waals surface area contributed by atoms with Crippen molar-refractivity contribution < 1.29 is 37.2 Å². The molecule has 3 rings (SSSR count). The van der Waals surface area contributed by atoms with Crippen molar-refractivity contribution in [3.63, 3.8) is 0 Å². The summed E-state index contributed by atoms with van der Waals surface area (Å²) in [7, 11) is 0. The number of ether oxygens (including phenoxy) is 1. The van der Waals surface area contributed by atoms with Gasteiger partial charge in [-0.2, -0.15) is 13.2 Å². The van der Waals surface area contributed by atoms with Crippen LogP contribution in [0.2, 0.25) is 0 Å².